The molecule has 3 nitrogen and oxygen atoms in total. The molecular formula is C27H24Br2N2O. The van der Waals surface area contributed by atoms with Gasteiger partial charge in [-0.3, -0.25) is 0 Å². The van der Waals surface area contributed by atoms with Gasteiger partial charge in [0.15, 0.2) is 0 Å². The van der Waals surface area contributed by atoms with Crippen molar-refractivity contribution < 1.29 is 26.0 Å². The zero-order valence-electron chi connectivity index (χ0n) is 17.8. The monoisotopic (exact) mass is 550 g/mol. The summed E-state index contributed by atoms with van der Waals surface area (Å²) in [6.07, 6.45) is 5.32. The van der Waals surface area contributed by atoms with Crippen molar-refractivity contribution in [1.29, 1.82) is 0 Å². The number of nitrogens with zero attached hydrogens (tertiary/aromatic N) is 2. The second-order valence-corrected chi connectivity index (χ2v) is 8.54. The molecule has 2 heterocycles. The number of furan rings is 1. The second-order valence-electron chi connectivity index (χ2n) is 7.69. The summed E-state index contributed by atoms with van der Waals surface area (Å²) in [5.41, 5.74) is 4.54. The molecule has 0 fully saturated rings. The molecular weight excluding hydrogens is 528 g/mol. The fourth-order valence-corrected chi connectivity index (χ4v) is 4.66. The molecule has 0 radical (unpaired) electrons. The third-order valence-electron chi connectivity index (χ3n) is 5.77. The van der Waals surface area contributed by atoms with Crippen LogP contribution in [0, 0.1) is 0 Å². The highest BCUT2D eigenvalue weighted by atomic mass is 79.9. The number of rotatable bonds is 6. The van der Waals surface area contributed by atoms with Gasteiger partial charge < -0.3 is 21.4 Å². The minimum absolute atomic E-state index is 0. The zero-order valence-corrected chi connectivity index (χ0v) is 21.0. The summed E-state index contributed by atoms with van der Waals surface area (Å²) >= 11 is 3.69. The first kappa shape index (κ1) is 22.6. The highest BCUT2D eigenvalue weighted by molar-refractivity contribution is 9.10. The maximum absolute atomic E-state index is 6.32. The van der Waals surface area contributed by atoms with Gasteiger partial charge in [0, 0.05) is 33.0 Å². The molecule has 5 rings (SSSR count). The molecule has 0 bridgehead atoms. The third-order valence-corrected chi connectivity index (χ3v) is 6.54. The number of imidazole rings is 1. The number of aromatic nitrogens is 2. The normalized spacial score (nSPS) is 10.9. The first-order valence-corrected chi connectivity index (χ1v) is 11.4. The number of halogens is 2. The predicted octanol–water partition coefficient (Wildman–Crippen LogP) is 3.61. The van der Waals surface area contributed by atoms with Gasteiger partial charge >= 0.3 is 0 Å². The summed E-state index contributed by atoms with van der Waals surface area (Å²) in [6.45, 7) is 3.83. The molecule has 32 heavy (non-hydrogen) atoms. The summed E-state index contributed by atoms with van der Waals surface area (Å²) in [7, 11) is 0. The van der Waals surface area contributed by atoms with Crippen LogP contribution >= 0.6 is 15.9 Å². The van der Waals surface area contributed by atoms with Crippen molar-refractivity contribution in [1.82, 2.24) is 4.57 Å². The van der Waals surface area contributed by atoms with Crippen molar-refractivity contribution in [2.24, 2.45) is 0 Å². The lowest BCUT2D eigenvalue weighted by Crippen LogP contribution is -3.00. The van der Waals surface area contributed by atoms with E-state index in [1.807, 2.05) is 12.1 Å². The van der Waals surface area contributed by atoms with E-state index >= 15 is 0 Å². The Hall–Kier alpha value is -2.63. The molecule has 0 aliphatic rings. The number of para-hydroxylation sites is 1. The quantitative estimate of drug-likeness (QED) is 0.295. The van der Waals surface area contributed by atoms with Gasteiger partial charge in [-0.05, 0) is 12.1 Å². The minimum Gasteiger partial charge on any atom is -1.00 e. The summed E-state index contributed by atoms with van der Waals surface area (Å²) in [5, 5.41) is 1.18. The fourth-order valence-electron chi connectivity index (χ4n) is 4.25. The SMILES string of the molecule is CCc1n(Cc2c(-c3ccccc3)oc3ccccc23)cc[n+]1Cc1ccccc1Br.[Br-]. The van der Waals surface area contributed by atoms with Crippen LogP contribution in [0.3, 0.4) is 0 Å². The number of hydrogen-bond acceptors (Lipinski definition) is 1. The van der Waals surface area contributed by atoms with Crippen molar-refractivity contribution >= 4 is 26.9 Å². The zero-order chi connectivity index (χ0) is 21.2. The number of benzene rings is 3. The molecule has 2 aromatic heterocycles. The van der Waals surface area contributed by atoms with Crippen LogP contribution in [0.4, 0.5) is 0 Å². The van der Waals surface area contributed by atoms with Crippen LogP contribution in [0.15, 0.2) is 100 Å². The van der Waals surface area contributed by atoms with E-state index in [-0.39, 0.29) is 17.0 Å². The smallest absolute Gasteiger partial charge is 0.256 e. The van der Waals surface area contributed by atoms with Gasteiger partial charge in [0.1, 0.15) is 36.8 Å². The molecule has 0 amide bonds. The Bertz CT molecular complexity index is 1340. The van der Waals surface area contributed by atoms with Crippen LogP contribution in [0.5, 0.6) is 0 Å². The van der Waals surface area contributed by atoms with Gasteiger partial charge in [-0.15, -0.1) is 0 Å². The summed E-state index contributed by atoms with van der Waals surface area (Å²) in [6, 6.07) is 27.1. The van der Waals surface area contributed by atoms with Gasteiger partial charge in [0.05, 0.1) is 0 Å². The molecule has 5 heteroatoms. The lowest BCUT2D eigenvalue weighted by molar-refractivity contribution is -0.695. The molecule has 0 atom stereocenters. The molecule has 0 unspecified atom stereocenters. The molecule has 162 valence electrons. The number of fused-ring (bicyclic) bond motifs is 1. The van der Waals surface area contributed by atoms with Crippen LogP contribution in [-0.2, 0) is 19.5 Å². The molecule has 5 aromatic rings. The van der Waals surface area contributed by atoms with Crippen molar-refractivity contribution in [3.8, 4) is 11.3 Å². The lowest BCUT2D eigenvalue weighted by atomic mass is 10.1. The van der Waals surface area contributed by atoms with E-state index in [9.17, 15) is 0 Å². The summed E-state index contributed by atoms with van der Waals surface area (Å²) in [4.78, 5) is 0. The molecule has 3 aromatic carbocycles. The van der Waals surface area contributed by atoms with Crippen molar-refractivity contribution in [2.75, 3.05) is 0 Å². The topological polar surface area (TPSA) is 21.9 Å². The first-order chi connectivity index (χ1) is 15.2. The highest BCUT2D eigenvalue weighted by Crippen LogP contribution is 2.34. The van der Waals surface area contributed by atoms with E-state index in [0.29, 0.717) is 0 Å². The number of hydrogen-bond donors (Lipinski definition) is 0. The highest BCUT2D eigenvalue weighted by Gasteiger charge is 2.22. The Morgan fingerprint density at radius 3 is 2.41 bits per heavy atom. The Morgan fingerprint density at radius 1 is 0.906 bits per heavy atom. The third kappa shape index (κ3) is 4.32. The maximum Gasteiger partial charge on any atom is 0.256 e. The van der Waals surface area contributed by atoms with Gasteiger partial charge in [0.2, 0.25) is 0 Å². The van der Waals surface area contributed by atoms with Gasteiger partial charge in [0.25, 0.3) is 5.82 Å². The molecule has 0 aliphatic heterocycles. The van der Waals surface area contributed by atoms with E-state index < -0.39 is 0 Å². The summed E-state index contributed by atoms with van der Waals surface area (Å²) < 4.78 is 12.2. The van der Waals surface area contributed by atoms with Crippen LogP contribution in [-0.4, -0.2) is 4.57 Å². The molecule has 0 aliphatic carbocycles. The van der Waals surface area contributed by atoms with E-state index in [4.69, 9.17) is 4.42 Å². The predicted molar refractivity (Wildman–Crippen MR) is 128 cm³/mol. The standard InChI is InChI=1S/C27H24BrN2O.BrH/c1-2-26-29(18-21-12-6-8-14-24(21)28)16-17-30(26)19-23-22-13-7-9-15-25(22)31-27(23)20-10-4-3-5-11-20;/h3-17H,2,18-19H2,1H3;1H/q+1;/p-1. The average molecular weight is 552 g/mol. The minimum atomic E-state index is 0. The Balaban J connectivity index is 0.00000245. The molecule has 0 spiro atoms. The van der Waals surface area contributed by atoms with E-state index in [1.165, 1.54) is 22.3 Å². The first-order valence-electron chi connectivity index (χ1n) is 10.6. The van der Waals surface area contributed by atoms with Gasteiger partial charge in [-0.2, -0.15) is 0 Å². The van der Waals surface area contributed by atoms with Crippen LogP contribution in [0.1, 0.15) is 23.9 Å². The van der Waals surface area contributed by atoms with Crippen LogP contribution < -0.4 is 21.5 Å². The molecule has 0 saturated carbocycles. The lowest BCUT2D eigenvalue weighted by Gasteiger charge is -2.06. The van der Waals surface area contributed by atoms with Gasteiger partial charge in [-0.25, -0.2) is 9.13 Å². The Morgan fingerprint density at radius 2 is 1.62 bits per heavy atom. The molecule has 0 saturated heterocycles. The fraction of sp³-hybridized carbons (Fsp3) is 0.148. The van der Waals surface area contributed by atoms with Crippen molar-refractivity contribution in [3.05, 3.63) is 113 Å². The average Bonchev–Trinajstić information content (AvgIpc) is 3.37. The van der Waals surface area contributed by atoms with Crippen LogP contribution in [0.2, 0.25) is 0 Å². The largest absolute Gasteiger partial charge is 1.00 e. The van der Waals surface area contributed by atoms with E-state index in [2.05, 4.69) is 111 Å². The summed E-state index contributed by atoms with van der Waals surface area (Å²) in [5.74, 6) is 2.25. The van der Waals surface area contributed by atoms with Crippen LogP contribution in [0.25, 0.3) is 22.3 Å². The van der Waals surface area contributed by atoms with Crippen molar-refractivity contribution in [3.63, 3.8) is 0 Å². The van der Waals surface area contributed by atoms with Gasteiger partial charge in [-0.1, -0.05) is 89.6 Å². The Labute approximate surface area is 207 Å². The van der Waals surface area contributed by atoms with E-state index in [1.54, 1.807) is 0 Å². The van der Waals surface area contributed by atoms with E-state index in [0.717, 1.165) is 40.9 Å². The molecule has 0 N–H and O–H groups in total. The maximum atomic E-state index is 6.32. The Kier molecular flexibility index (Phi) is 6.97. The van der Waals surface area contributed by atoms with Crippen molar-refractivity contribution in [2.45, 2.75) is 26.4 Å². The second kappa shape index (κ2) is 9.88.